The predicted octanol–water partition coefficient (Wildman–Crippen LogP) is 2.77. The molecule has 4 N–H and O–H groups in total. The number of rotatable bonds is 6. The molecular weight excluding hydrogens is 350 g/mol. The molecule has 1 atom stereocenters. The molecule has 1 aromatic carbocycles. The smallest absolute Gasteiger partial charge is 0.241 e. The topological polar surface area (TPSA) is 89.4 Å². The van der Waals surface area contributed by atoms with Gasteiger partial charge in [0.05, 0.1) is 5.92 Å². The lowest BCUT2D eigenvalue weighted by Gasteiger charge is -2.36. The van der Waals surface area contributed by atoms with Crippen LogP contribution in [0.2, 0.25) is 0 Å². The van der Waals surface area contributed by atoms with Crippen LogP contribution in [-0.4, -0.2) is 29.7 Å². The van der Waals surface area contributed by atoms with E-state index < -0.39 is 11.8 Å². The van der Waals surface area contributed by atoms with E-state index in [0.717, 1.165) is 34.5 Å². The summed E-state index contributed by atoms with van der Waals surface area (Å²) in [6, 6.07) is 10.1. The first kappa shape index (κ1) is 19.8. The van der Waals surface area contributed by atoms with Gasteiger partial charge in [-0.25, -0.2) is 0 Å². The molecule has 1 amide bonds. The zero-order valence-corrected chi connectivity index (χ0v) is 16.4. The van der Waals surface area contributed by atoms with Crippen molar-refractivity contribution in [2.45, 2.75) is 20.3 Å². The second-order valence-corrected chi connectivity index (χ2v) is 7.60. The molecule has 1 aliphatic carbocycles. The zero-order chi connectivity index (χ0) is 20.3. The number of nitrogens with two attached hydrogens (primary N) is 2. The van der Waals surface area contributed by atoms with E-state index in [0.29, 0.717) is 18.9 Å². The third kappa shape index (κ3) is 4.15. The Labute approximate surface area is 166 Å². The van der Waals surface area contributed by atoms with Crippen LogP contribution in [0.5, 0.6) is 0 Å². The number of Topliss-reactive ketones (excluding diaryl/α,β-unsaturated/α-hetero) is 1. The molecule has 5 heteroatoms. The standard InChI is InChI=1S/C23H27N3O2/c1-15(2)13-26-14-18-11-21(27)17(8-9-22(25)28)10-19(18)23(20(26)12-24)16-6-4-3-5-7-16/h3-10,14-15,17H,11-13,24H2,1-2H3,(H2,25,28)/b9-8+. The lowest BCUT2D eigenvalue weighted by molar-refractivity contribution is -0.119. The summed E-state index contributed by atoms with van der Waals surface area (Å²) in [6.07, 6.45) is 7.16. The summed E-state index contributed by atoms with van der Waals surface area (Å²) in [6.45, 7) is 5.56. The van der Waals surface area contributed by atoms with Gasteiger partial charge in [0.25, 0.3) is 0 Å². The minimum absolute atomic E-state index is 0.0561. The monoisotopic (exact) mass is 377 g/mol. The van der Waals surface area contributed by atoms with Crippen LogP contribution in [0.4, 0.5) is 0 Å². The summed E-state index contributed by atoms with van der Waals surface area (Å²) >= 11 is 0. The van der Waals surface area contributed by atoms with Gasteiger partial charge in [0, 0.05) is 37.0 Å². The van der Waals surface area contributed by atoms with Crippen LogP contribution in [0.15, 0.2) is 71.6 Å². The number of fused-ring (bicyclic) bond motifs is 1. The van der Waals surface area contributed by atoms with Crippen molar-refractivity contribution in [1.29, 1.82) is 0 Å². The van der Waals surface area contributed by atoms with Crippen LogP contribution in [0.3, 0.4) is 0 Å². The summed E-state index contributed by atoms with van der Waals surface area (Å²) < 4.78 is 0. The van der Waals surface area contributed by atoms with Crippen LogP contribution in [-0.2, 0) is 9.59 Å². The molecule has 1 aliphatic heterocycles. The van der Waals surface area contributed by atoms with Gasteiger partial charge in [-0.1, -0.05) is 56.3 Å². The number of carbonyl (C=O) groups excluding carboxylic acids is 2. The number of hydrogen-bond acceptors (Lipinski definition) is 4. The lowest BCUT2D eigenvalue weighted by Crippen LogP contribution is -2.33. The van der Waals surface area contributed by atoms with E-state index >= 15 is 0 Å². The van der Waals surface area contributed by atoms with E-state index in [1.807, 2.05) is 24.3 Å². The van der Waals surface area contributed by atoms with Gasteiger partial charge in [0.2, 0.25) is 5.91 Å². The SMILES string of the molecule is CC(C)CN1C=C2CC(=O)C(/C=C/C(N)=O)C=C2C(c2ccccc2)=C1CN. The molecule has 0 aromatic heterocycles. The van der Waals surface area contributed by atoms with E-state index in [4.69, 9.17) is 11.5 Å². The highest BCUT2D eigenvalue weighted by Crippen LogP contribution is 2.42. The number of carbonyl (C=O) groups is 2. The van der Waals surface area contributed by atoms with E-state index in [-0.39, 0.29) is 5.78 Å². The highest BCUT2D eigenvalue weighted by atomic mass is 16.1. The van der Waals surface area contributed by atoms with Crippen LogP contribution in [0, 0.1) is 11.8 Å². The Morgan fingerprint density at radius 1 is 1.29 bits per heavy atom. The maximum Gasteiger partial charge on any atom is 0.241 e. The first-order valence-corrected chi connectivity index (χ1v) is 9.59. The van der Waals surface area contributed by atoms with Crippen molar-refractivity contribution in [2.75, 3.05) is 13.1 Å². The fraction of sp³-hybridized carbons (Fsp3) is 0.304. The van der Waals surface area contributed by atoms with Gasteiger partial charge in [-0.05, 0) is 28.7 Å². The molecule has 3 rings (SSSR count). The molecule has 1 aromatic rings. The number of amides is 1. The fourth-order valence-electron chi connectivity index (χ4n) is 3.77. The second-order valence-electron chi connectivity index (χ2n) is 7.60. The minimum atomic E-state index is -0.555. The quantitative estimate of drug-likeness (QED) is 0.746. The molecule has 0 spiro atoms. The average molecular weight is 377 g/mol. The number of ketones is 1. The van der Waals surface area contributed by atoms with Crippen molar-refractivity contribution in [2.24, 2.45) is 23.3 Å². The van der Waals surface area contributed by atoms with Crippen LogP contribution in [0.1, 0.15) is 25.8 Å². The van der Waals surface area contributed by atoms with Crippen molar-refractivity contribution in [1.82, 2.24) is 4.90 Å². The van der Waals surface area contributed by atoms with Crippen molar-refractivity contribution in [3.8, 4) is 0 Å². The Balaban J connectivity index is 2.16. The molecule has 0 saturated heterocycles. The Morgan fingerprint density at radius 2 is 2.00 bits per heavy atom. The van der Waals surface area contributed by atoms with Crippen molar-refractivity contribution in [3.63, 3.8) is 0 Å². The largest absolute Gasteiger partial charge is 0.366 e. The van der Waals surface area contributed by atoms with Gasteiger partial charge in [0.15, 0.2) is 0 Å². The molecule has 0 bridgehead atoms. The van der Waals surface area contributed by atoms with Gasteiger partial charge in [0.1, 0.15) is 5.78 Å². The Hall–Kier alpha value is -2.92. The van der Waals surface area contributed by atoms with E-state index in [2.05, 4.69) is 37.1 Å². The third-order valence-corrected chi connectivity index (χ3v) is 4.93. The summed E-state index contributed by atoms with van der Waals surface area (Å²) in [5.74, 6) is -0.512. The first-order valence-electron chi connectivity index (χ1n) is 9.59. The fourth-order valence-corrected chi connectivity index (χ4v) is 3.77. The Morgan fingerprint density at radius 3 is 2.61 bits per heavy atom. The molecule has 5 nitrogen and oxygen atoms in total. The van der Waals surface area contributed by atoms with Crippen molar-refractivity contribution >= 4 is 17.3 Å². The maximum atomic E-state index is 12.6. The highest BCUT2D eigenvalue weighted by Gasteiger charge is 2.32. The summed E-state index contributed by atoms with van der Waals surface area (Å²) in [7, 11) is 0. The highest BCUT2D eigenvalue weighted by molar-refractivity contribution is 5.97. The minimum Gasteiger partial charge on any atom is -0.366 e. The molecule has 1 heterocycles. The van der Waals surface area contributed by atoms with Crippen molar-refractivity contribution in [3.05, 3.63) is 77.2 Å². The zero-order valence-electron chi connectivity index (χ0n) is 16.4. The van der Waals surface area contributed by atoms with Crippen LogP contribution < -0.4 is 11.5 Å². The predicted molar refractivity (Wildman–Crippen MR) is 112 cm³/mol. The van der Waals surface area contributed by atoms with Gasteiger partial charge in [-0.15, -0.1) is 0 Å². The molecule has 146 valence electrons. The van der Waals surface area contributed by atoms with Gasteiger partial charge in [-0.3, -0.25) is 9.59 Å². The molecule has 1 unspecified atom stereocenters. The second kappa shape index (κ2) is 8.40. The first-order chi connectivity index (χ1) is 13.4. The summed E-state index contributed by atoms with van der Waals surface area (Å²) in [4.78, 5) is 25.9. The number of benzene rings is 1. The van der Waals surface area contributed by atoms with E-state index in [9.17, 15) is 9.59 Å². The molecule has 28 heavy (non-hydrogen) atoms. The van der Waals surface area contributed by atoms with Gasteiger partial charge >= 0.3 is 0 Å². The molecule has 2 aliphatic rings. The molecule has 0 fully saturated rings. The normalized spacial score (nSPS) is 19.8. The summed E-state index contributed by atoms with van der Waals surface area (Å²) in [5.41, 5.74) is 16.6. The Kier molecular flexibility index (Phi) is 5.95. The Bertz CT molecular complexity index is 892. The van der Waals surface area contributed by atoms with E-state index in [1.165, 1.54) is 6.08 Å². The van der Waals surface area contributed by atoms with Crippen molar-refractivity contribution < 1.29 is 9.59 Å². The lowest BCUT2D eigenvalue weighted by atomic mass is 9.78. The number of hydrogen-bond donors (Lipinski definition) is 2. The van der Waals surface area contributed by atoms with Gasteiger partial charge < -0.3 is 16.4 Å². The number of allylic oxidation sites excluding steroid dienone is 5. The number of nitrogens with zero attached hydrogens (tertiary/aromatic N) is 1. The molecule has 0 saturated carbocycles. The number of primary amides is 1. The summed E-state index contributed by atoms with van der Waals surface area (Å²) in [5, 5.41) is 0. The average Bonchev–Trinajstić information content (AvgIpc) is 2.65. The van der Waals surface area contributed by atoms with Gasteiger partial charge in [-0.2, -0.15) is 0 Å². The third-order valence-electron chi connectivity index (χ3n) is 4.93. The van der Waals surface area contributed by atoms with E-state index in [1.54, 1.807) is 6.08 Å². The molecule has 0 radical (unpaired) electrons. The maximum absolute atomic E-state index is 12.6. The van der Waals surface area contributed by atoms with Crippen LogP contribution in [0.25, 0.3) is 5.57 Å². The van der Waals surface area contributed by atoms with Crippen LogP contribution >= 0.6 is 0 Å². The molecular formula is C23H27N3O2.